The van der Waals surface area contributed by atoms with Crippen molar-refractivity contribution < 1.29 is 19.1 Å². The van der Waals surface area contributed by atoms with Crippen LogP contribution in [0.2, 0.25) is 10.0 Å². The number of phenolic OH excluding ortho intramolecular Hbond substituents is 1. The molecule has 0 spiro atoms. The number of rotatable bonds is 5. The Balaban J connectivity index is 1.68. The molecule has 2 aromatic carbocycles. The molecule has 1 aliphatic heterocycles. The van der Waals surface area contributed by atoms with E-state index < -0.39 is 12.0 Å². The molecule has 0 amide bonds. The molecule has 1 aliphatic rings. The summed E-state index contributed by atoms with van der Waals surface area (Å²) in [5.41, 5.74) is 1.76. The van der Waals surface area contributed by atoms with Gasteiger partial charge in [0.25, 0.3) is 5.56 Å². The maximum Gasteiger partial charge on any atom is 0.338 e. The number of hydrogen-bond acceptors (Lipinski definition) is 7. The summed E-state index contributed by atoms with van der Waals surface area (Å²) in [6, 6.07) is 14.2. The minimum Gasteiger partial charge on any atom is -0.508 e. The van der Waals surface area contributed by atoms with Gasteiger partial charge in [-0.3, -0.25) is 9.36 Å². The highest BCUT2D eigenvalue weighted by molar-refractivity contribution is 7.07. The number of carbonyl (C=O) groups excluding carboxylic acids is 1. The van der Waals surface area contributed by atoms with Crippen molar-refractivity contribution in [3.05, 3.63) is 107 Å². The Kier molecular flexibility index (Phi) is 6.81. The van der Waals surface area contributed by atoms with Crippen LogP contribution in [0.4, 0.5) is 0 Å². The van der Waals surface area contributed by atoms with Gasteiger partial charge >= 0.3 is 5.97 Å². The third-order valence-electron chi connectivity index (χ3n) is 5.81. The van der Waals surface area contributed by atoms with Crippen LogP contribution in [-0.4, -0.2) is 22.2 Å². The topological polar surface area (TPSA) is 94.0 Å². The van der Waals surface area contributed by atoms with Gasteiger partial charge in [-0.1, -0.05) is 46.7 Å². The van der Waals surface area contributed by atoms with Gasteiger partial charge in [0.05, 0.1) is 32.5 Å². The fraction of sp³-hybridized carbons (Fsp3) is 0.148. The highest BCUT2D eigenvalue weighted by Gasteiger charge is 2.35. The molecule has 0 saturated heterocycles. The Morgan fingerprint density at radius 1 is 1.16 bits per heavy atom. The second-order valence-corrected chi connectivity index (χ2v) is 10.0. The van der Waals surface area contributed by atoms with Gasteiger partial charge in [-0.2, -0.15) is 0 Å². The number of esters is 1. The number of nitrogens with zero attached hydrogens (tertiary/aromatic N) is 2. The number of allylic oxidation sites excluding steroid dienone is 1. The Hall–Kier alpha value is -3.59. The predicted molar refractivity (Wildman–Crippen MR) is 143 cm³/mol. The SMILES string of the molecule is CCOC(=O)C1=C(C)N=c2s/c(=C\c3ccc(O)cc3)c(=O)n2[C@H]1c1ccc(-c2ccc(Cl)c(Cl)c2)o1. The van der Waals surface area contributed by atoms with Crippen molar-refractivity contribution >= 4 is 46.6 Å². The van der Waals surface area contributed by atoms with Gasteiger partial charge in [0.1, 0.15) is 23.3 Å². The Morgan fingerprint density at radius 3 is 2.62 bits per heavy atom. The zero-order valence-corrected chi connectivity index (χ0v) is 22.0. The lowest BCUT2D eigenvalue weighted by molar-refractivity contribution is -0.139. The summed E-state index contributed by atoms with van der Waals surface area (Å²) in [6.07, 6.45) is 1.72. The van der Waals surface area contributed by atoms with E-state index in [0.29, 0.717) is 42.2 Å². The molecule has 5 rings (SSSR count). The van der Waals surface area contributed by atoms with Crippen LogP contribution < -0.4 is 14.9 Å². The third kappa shape index (κ3) is 4.75. The molecule has 0 radical (unpaired) electrons. The van der Waals surface area contributed by atoms with Crippen molar-refractivity contribution in [1.29, 1.82) is 0 Å². The van der Waals surface area contributed by atoms with Crippen molar-refractivity contribution in [2.75, 3.05) is 6.61 Å². The molecule has 0 fully saturated rings. The zero-order chi connectivity index (χ0) is 26.3. The first kappa shape index (κ1) is 25.1. The lowest BCUT2D eigenvalue weighted by Crippen LogP contribution is -2.39. The molecule has 0 bridgehead atoms. The highest BCUT2D eigenvalue weighted by atomic mass is 35.5. The molecule has 1 atom stereocenters. The Morgan fingerprint density at radius 2 is 1.92 bits per heavy atom. The van der Waals surface area contributed by atoms with E-state index in [9.17, 15) is 14.7 Å². The Labute approximate surface area is 225 Å². The van der Waals surface area contributed by atoms with Crippen LogP contribution in [0.3, 0.4) is 0 Å². The monoisotopic (exact) mass is 554 g/mol. The van der Waals surface area contributed by atoms with E-state index in [0.717, 1.165) is 5.56 Å². The number of thiazole rings is 1. The maximum atomic E-state index is 13.6. The second kappa shape index (κ2) is 10.0. The van der Waals surface area contributed by atoms with Crippen LogP contribution in [0.1, 0.15) is 31.2 Å². The molecule has 37 heavy (non-hydrogen) atoms. The molecule has 0 unspecified atom stereocenters. The first-order chi connectivity index (χ1) is 17.8. The number of furan rings is 1. The molecule has 1 N–H and O–H groups in total. The minimum absolute atomic E-state index is 0.129. The molecule has 7 nitrogen and oxygen atoms in total. The summed E-state index contributed by atoms with van der Waals surface area (Å²) in [5, 5.41) is 10.4. The number of aromatic nitrogens is 1. The zero-order valence-electron chi connectivity index (χ0n) is 19.7. The smallest absolute Gasteiger partial charge is 0.338 e. The molecular formula is C27H20Cl2N2O5S. The molecule has 188 valence electrons. The highest BCUT2D eigenvalue weighted by Crippen LogP contribution is 2.35. The van der Waals surface area contributed by atoms with Gasteiger partial charge in [-0.05, 0) is 68.0 Å². The molecule has 3 heterocycles. The van der Waals surface area contributed by atoms with E-state index in [-0.39, 0.29) is 23.5 Å². The van der Waals surface area contributed by atoms with Crippen molar-refractivity contribution in [2.45, 2.75) is 19.9 Å². The Bertz CT molecular complexity index is 1730. The van der Waals surface area contributed by atoms with Crippen LogP contribution in [0.25, 0.3) is 17.4 Å². The largest absolute Gasteiger partial charge is 0.508 e. The standard InChI is InChI=1S/C27H20Cl2N2O5S/c1-3-35-26(34)23-14(2)30-27-31(25(33)22(37-27)12-15-4-7-17(32)8-5-15)24(23)21-11-10-20(36-21)16-6-9-18(28)19(29)13-16/h4-13,24,32H,3H2,1-2H3/b22-12-/t24-/m0/s1. The van der Waals surface area contributed by atoms with Gasteiger partial charge in [-0.25, -0.2) is 9.79 Å². The molecule has 4 aromatic rings. The summed E-state index contributed by atoms with van der Waals surface area (Å²) in [7, 11) is 0. The number of phenols is 1. The molecule has 0 saturated carbocycles. The number of benzene rings is 2. The van der Waals surface area contributed by atoms with Crippen LogP contribution >= 0.6 is 34.5 Å². The summed E-state index contributed by atoms with van der Waals surface area (Å²) >= 11 is 13.4. The minimum atomic E-state index is -0.881. The molecule has 2 aromatic heterocycles. The van der Waals surface area contributed by atoms with Crippen LogP contribution in [-0.2, 0) is 9.53 Å². The van der Waals surface area contributed by atoms with E-state index in [4.69, 9.17) is 32.4 Å². The van der Waals surface area contributed by atoms with Gasteiger partial charge in [0, 0.05) is 5.56 Å². The predicted octanol–water partition coefficient (Wildman–Crippen LogP) is 5.07. The fourth-order valence-electron chi connectivity index (χ4n) is 4.09. The normalized spacial score (nSPS) is 15.5. The van der Waals surface area contributed by atoms with Crippen molar-refractivity contribution in [2.24, 2.45) is 4.99 Å². The van der Waals surface area contributed by atoms with E-state index in [1.807, 2.05) is 0 Å². The molecular weight excluding hydrogens is 535 g/mol. The van der Waals surface area contributed by atoms with E-state index >= 15 is 0 Å². The maximum absolute atomic E-state index is 13.6. The average molecular weight is 555 g/mol. The number of hydrogen-bond donors (Lipinski definition) is 1. The second-order valence-electron chi connectivity index (χ2n) is 8.22. The summed E-state index contributed by atoms with van der Waals surface area (Å²) in [5.74, 6) is 0.423. The molecule has 0 aliphatic carbocycles. The third-order valence-corrected chi connectivity index (χ3v) is 7.53. The summed E-state index contributed by atoms with van der Waals surface area (Å²) < 4.78 is 13.4. The fourth-order valence-corrected chi connectivity index (χ4v) is 5.43. The van der Waals surface area contributed by atoms with Crippen molar-refractivity contribution in [1.82, 2.24) is 4.57 Å². The molecule has 10 heteroatoms. The summed E-state index contributed by atoms with van der Waals surface area (Å²) in [4.78, 5) is 31.7. The first-order valence-corrected chi connectivity index (χ1v) is 12.9. The van der Waals surface area contributed by atoms with Crippen LogP contribution in [0.5, 0.6) is 5.75 Å². The van der Waals surface area contributed by atoms with Crippen molar-refractivity contribution in [3.63, 3.8) is 0 Å². The van der Waals surface area contributed by atoms with Gasteiger partial charge in [0.2, 0.25) is 0 Å². The van der Waals surface area contributed by atoms with E-state index in [1.54, 1.807) is 74.5 Å². The average Bonchev–Trinajstić information content (AvgIpc) is 3.47. The lowest BCUT2D eigenvalue weighted by Gasteiger charge is -2.22. The number of halogens is 2. The number of aromatic hydroxyl groups is 1. The van der Waals surface area contributed by atoms with Crippen LogP contribution in [0.15, 0.2) is 80.1 Å². The number of fused-ring (bicyclic) bond motifs is 1. The van der Waals surface area contributed by atoms with Gasteiger partial charge < -0.3 is 14.3 Å². The van der Waals surface area contributed by atoms with Gasteiger partial charge in [0.15, 0.2) is 4.80 Å². The summed E-state index contributed by atoms with van der Waals surface area (Å²) in [6.45, 7) is 3.59. The number of ether oxygens (including phenoxy) is 1. The number of carbonyl (C=O) groups is 1. The van der Waals surface area contributed by atoms with E-state index in [2.05, 4.69) is 4.99 Å². The first-order valence-electron chi connectivity index (χ1n) is 11.3. The van der Waals surface area contributed by atoms with Crippen molar-refractivity contribution in [3.8, 4) is 17.1 Å². The van der Waals surface area contributed by atoms with Crippen LogP contribution in [0, 0.1) is 0 Å². The van der Waals surface area contributed by atoms with Gasteiger partial charge in [-0.15, -0.1) is 0 Å². The van der Waals surface area contributed by atoms with E-state index in [1.165, 1.54) is 15.9 Å². The lowest BCUT2D eigenvalue weighted by atomic mass is 10.0. The quantitative estimate of drug-likeness (QED) is 0.347.